The third kappa shape index (κ3) is 16.3. The van der Waals surface area contributed by atoms with Crippen LogP contribution in [0.5, 0.6) is 0 Å². The van der Waals surface area contributed by atoms with Crippen molar-refractivity contribution in [3.63, 3.8) is 0 Å². The van der Waals surface area contributed by atoms with Gasteiger partial charge in [0.05, 0.1) is 18.8 Å². The lowest BCUT2D eigenvalue weighted by Crippen LogP contribution is -2.33. The molecule has 0 bridgehead atoms. The summed E-state index contributed by atoms with van der Waals surface area (Å²) in [5.74, 6) is -0.705. The normalized spacial score (nSPS) is 11.7. The number of unbranched alkanes of at least 4 members (excludes halogenated alkanes) is 3. The van der Waals surface area contributed by atoms with Gasteiger partial charge in [-0.2, -0.15) is 0 Å². The quantitative estimate of drug-likeness (QED) is 0.123. The highest BCUT2D eigenvalue weighted by molar-refractivity contribution is 5.70. The Hall–Kier alpha value is -2.41. The summed E-state index contributed by atoms with van der Waals surface area (Å²) in [5, 5.41) is 0. The third-order valence-electron chi connectivity index (χ3n) is 5.79. The summed E-state index contributed by atoms with van der Waals surface area (Å²) < 4.78 is 22.1. The number of benzene rings is 1. The van der Waals surface area contributed by atoms with Crippen LogP contribution >= 0.6 is 0 Å². The van der Waals surface area contributed by atoms with Gasteiger partial charge in [-0.25, -0.2) is 0 Å². The fourth-order valence-electron chi connectivity index (χ4n) is 3.41. The monoisotopic (exact) mass is 506 g/mol. The molecule has 0 heterocycles. The van der Waals surface area contributed by atoms with Gasteiger partial charge >= 0.3 is 17.9 Å². The highest BCUT2D eigenvalue weighted by Crippen LogP contribution is 2.21. The van der Waals surface area contributed by atoms with Crippen LogP contribution in [0.15, 0.2) is 30.3 Å². The van der Waals surface area contributed by atoms with Gasteiger partial charge in [0.25, 0.3) is 0 Å². The highest BCUT2D eigenvalue weighted by atomic mass is 16.6. The number of carbonyl (C=O) groups is 3. The summed E-state index contributed by atoms with van der Waals surface area (Å²) in [6.07, 6.45) is 6.26. The van der Waals surface area contributed by atoms with E-state index in [1.165, 1.54) is 0 Å². The Kier molecular flexibility index (Phi) is 15.0. The number of esters is 3. The van der Waals surface area contributed by atoms with Gasteiger partial charge in [0.15, 0.2) is 0 Å². The maximum atomic E-state index is 12.0. The van der Waals surface area contributed by atoms with Crippen LogP contribution < -0.4 is 0 Å². The van der Waals surface area contributed by atoms with Gasteiger partial charge < -0.3 is 18.9 Å². The first-order valence-electron chi connectivity index (χ1n) is 13.2. The molecule has 0 saturated carbocycles. The molecule has 0 aromatic heterocycles. The molecule has 0 unspecified atom stereocenters. The van der Waals surface area contributed by atoms with Crippen LogP contribution in [0.3, 0.4) is 0 Å². The molecule has 0 aliphatic rings. The molecule has 0 N–H and O–H groups in total. The second-order valence-corrected chi connectivity index (χ2v) is 10.4. The number of rotatable bonds is 19. The second kappa shape index (κ2) is 17.1. The summed E-state index contributed by atoms with van der Waals surface area (Å²) in [5.41, 5.74) is -0.102. The molecule has 0 amide bonds. The van der Waals surface area contributed by atoms with Gasteiger partial charge in [-0.05, 0) is 52.5 Å². The lowest BCUT2D eigenvalue weighted by Gasteiger charge is -2.29. The van der Waals surface area contributed by atoms with Crippen LogP contribution in [0.4, 0.5) is 0 Å². The minimum absolute atomic E-state index is 0.163. The van der Waals surface area contributed by atoms with Crippen molar-refractivity contribution >= 4 is 17.9 Å². The molecular formula is C29H46O7. The summed E-state index contributed by atoms with van der Waals surface area (Å²) in [6.45, 7) is 10.8. The lowest BCUT2D eigenvalue weighted by atomic mass is 10.0. The number of ether oxygens (including phenoxy) is 4. The zero-order valence-electron chi connectivity index (χ0n) is 22.9. The Morgan fingerprint density at radius 1 is 0.694 bits per heavy atom. The molecule has 0 aliphatic carbocycles. The maximum Gasteiger partial charge on any atom is 0.306 e. The standard InChI is InChI=1S/C29H46O7/c1-6-7-9-18-27(32)36-29(4,5)20-22-35-28(2,3)19-21-33-25(30)16-12-13-17-26(31)34-23-24-14-10-8-11-15-24/h8,10-11,14-15H,6-7,9,12-13,16-23H2,1-5H3. The van der Waals surface area contributed by atoms with Gasteiger partial charge in [0.1, 0.15) is 12.2 Å². The molecular weight excluding hydrogens is 460 g/mol. The van der Waals surface area contributed by atoms with Gasteiger partial charge in [-0.1, -0.05) is 50.1 Å². The van der Waals surface area contributed by atoms with Crippen LogP contribution in [0.25, 0.3) is 0 Å². The smallest absolute Gasteiger partial charge is 0.306 e. The van der Waals surface area contributed by atoms with Crippen LogP contribution in [0.1, 0.15) is 104 Å². The van der Waals surface area contributed by atoms with Crippen molar-refractivity contribution < 1.29 is 33.3 Å². The largest absolute Gasteiger partial charge is 0.466 e. The van der Waals surface area contributed by atoms with Crippen molar-refractivity contribution in [3.8, 4) is 0 Å². The predicted octanol–water partition coefficient (Wildman–Crippen LogP) is 6.31. The fourth-order valence-corrected chi connectivity index (χ4v) is 3.41. The van der Waals surface area contributed by atoms with E-state index < -0.39 is 11.2 Å². The molecule has 0 aliphatic heterocycles. The van der Waals surface area contributed by atoms with Gasteiger partial charge in [-0.15, -0.1) is 0 Å². The summed E-state index contributed by atoms with van der Waals surface area (Å²) in [7, 11) is 0. The molecule has 1 aromatic carbocycles. The molecule has 0 radical (unpaired) electrons. The molecule has 0 atom stereocenters. The average molecular weight is 507 g/mol. The van der Waals surface area contributed by atoms with Crippen molar-refractivity contribution in [1.29, 1.82) is 0 Å². The van der Waals surface area contributed by atoms with Gasteiger partial charge in [0, 0.05) is 32.1 Å². The second-order valence-electron chi connectivity index (χ2n) is 10.4. The molecule has 7 heteroatoms. The minimum Gasteiger partial charge on any atom is -0.466 e. The van der Waals surface area contributed by atoms with E-state index in [-0.39, 0.29) is 44.0 Å². The number of hydrogen-bond donors (Lipinski definition) is 0. The molecule has 1 rings (SSSR count). The molecule has 36 heavy (non-hydrogen) atoms. The van der Waals surface area contributed by atoms with Crippen molar-refractivity contribution in [2.45, 2.75) is 117 Å². The van der Waals surface area contributed by atoms with Crippen LogP contribution in [-0.2, 0) is 39.9 Å². The SMILES string of the molecule is CCCCCC(=O)OC(C)(C)CCOC(C)(C)CCOC(=O)CCCCC(=O)OCc1ccccc1. The first-order valence-corrected chi connectivity index (χ1v) is 13.2. The predicted molar refractivity (Wildman–Crippen MR) is 139 cm³/mol. The van der Waals surface area contributed by atoms with Crippen molar-refractivity contribution in [2.75, 3.05) is 13.2 Å². The van der Waals surface area contributed by atoms with Crippen molar-refractivity contribution in [1.82, 2.24) is 0 Å². The van der Waals surface area contributed by atoms with Gasteiger partial charge in [0.2, 0.25) is 0 Å². The Morgan fingerprint density at radius 2 is 1.25 bits per heavy atom. The lowest BCUT2D eigenvalue weighted by molar-refractivity contribution is -0.159. The minimum atomic E-state index is -0.584. The van der Waals surface area contributed by atoms with E-state index in [0.717, 1.165) is 24.8 Å². The first kappa shape index (κ1) is 31.6. The fraction of sp³-hybridized carbons (Fsp3) is 0.690. The molecule has 1 aromatic rings. The first-order chi connectivity index (χ1) is 17.0. The zero-order chi connectivity index (χ0) is 26.9. The van der Waals surface area contributed by atoms with Crippen molar-refractivity contribution in [3.05, 3.63) is 35.9 Å². The van der Waals surface area contributed by atoms with Gasteiger partial charge in [-0.3, -0.25) is 14.4 Å². The van der Waals surface area contributed by atoms with E-state index in [1.807, 2.05) is 58.0 Å². The van der Waals surface area contributed by atoms with E-state index in [0.29, 0.717) is 38.7 Å². The highest BCUT2D eigenvalue weighted by Gasteiger charge is 2.25. The van der Waals surface area contributed by atoms with E-state index in [4.69, 9.17) is 18.9 Å². The third-order valence-corrected chi connectivity index (χ3v) is 5.79. The topological polar surface area (TPSA) is 88.1 Å². The number of hydrogen-bond acceptors (Lipinski definition) is 7. The Morgan fingerprint density at radius 3 is 1.89 bits per heavy atom. The molecule has 0 fully saturated rings. The maximum absolute atomic E-state index is 12.0. The Balaban J connectivity index is 2.12. The summed E-state index contributed by atoms with van der Waals surface area (Å²) >= 11 is 0. The Labute approximate surface area is 217 Å². The van der Waals surface area contributed by atoms with E-state index >= 15 is 0 Å². The number of carbonyl (C=O) groups excluding carboxylic acids is 3. The van der Waals surface area contributed by atoms with E-state index in [2.05, 4.69) is 6.92 Å². The van der Waals surface area contributed by atoms with Crippen LogP contribution in [0, 0.1) is 0 Å². The van der Waals surface area contributed by atoms with E-state index in [9.17, 15) is 14.4 Å². The summed E-state index contributed by atoms with van der Waals surface area (Å²) in [4.78, 5) is 35.8. The van der Waals surface area contributed by atoms with Crippen molar-refractivity contribution in [2.24, 2.45) is 0 Å². The molecule has 7 nitrogen and oxygen atoms in total. The molecule has 0 spiro atoms. The summed E-state index contributed by atoms with van der Waals surface area (Å²) in [6, 6.07) is 9.53. The molecule has 0 saturated heterocycles. The van der Waals surface area contributed by atoms with E-state index in [1.54, 1.807) is 0 Å². The Bertz CT molecular complexity index is 771. The zero-order valence-corrected chi connectivity index (χ0v) is 22.9. The van der Waals surface area contributed by atoms with Crippen LogP contribution in [-0.4, -0.2) is 42.3 Å². The molecule has 204 valence electrons. The average Bonchev–Trinajstić information content (AvgIpc) is 2.80. The van der Waals surface area contributed by atoms with Crippen LogP contribution in [0.2, 0.25) is 0 Å².